The van der Waals surface area contributed by atoms with Gasteiger partial charge in [0.25, 0.3) is 0 Å². The fraction of sp³-hybridized carbons (Fsp3) is 0.227. The highest BCUT2D eigenvalue weighted by Crippen LogP contribution is 2.33. The van der Waals surface area contributed by atoms with E-state index in [0.29, 0.717) is 12.0 Å². The van der Waals surface area contributed by atoms with E-state index >= 15 is 0 Å². The van der Waals surface area contributed by atoms with Crippen molar-refractivity contribution in [2.24, 2.45) is 0 Å². The van der Waals surface area contributed by atoms with Crippen LogP contribution in [0, 0.1) is 0 Å². The lowest BCUT2D eigenvalue weighted by Gasteiger charge is -2.13. The minimum absolute atomic E-state index is 0.0167. The van der Waals surface area contributed by atoms with Crippen molar-refractivity contribution in [2.75, 3.05) is 11.5 Å². The van der Waals surface area contributed by atoms with Gasteiger partial charge in [-0.25, -0.2) is 13.2 Å². The van der Waals surface area contributed by atoms with Gasteiger partial charge in [-0.3, -0.25) is 0 Å². The molecule has 0 radical (unpaired) electrons. The minimum atomic E-state index is -2.95. The molecular weight excluding hydrogens is 392 g/mol. The Hall–Kier alpha value is -2.31. The number of carbonyl (C=O) groups is 1. The second-order valence-corrected chi connectivity index (χ2v) is 10.4. The van der Waals surface area contributed by atoms with E-state index in [4.69, 9.17) is 4.74 Å². The van der Waals surface area contributed by atoms with Gasteiger partial charge in [0.15, 0.2) is 9.84 Å². The van der Waals surface area contributed by atoms with Crippen molar-refractivity contribution in [3.63, 3.8) is 0 Å². The van der Waals surface area contributed by atoms with Gasteiger partial charge in [-0.2, -0.15) is 0 Å². The summed E-state index contributed by atoms with van der Waals surface area (Å²) in [6.07, 6.45) is 0.617. The van der Waals surface area contributed by atoms with Gasteiger partial charge >= 0.3 is 5.97 Å². The molecule has 0 N–H and O–H groups in total. The molecule has 1 aliphatic heterocycles. The number of rotatable bonds is 5. The molecule has 0 aromatic heterocycles. The van der Waals surface area contributed by atoms with Crippen LogP contribution in [0.1, 0.15) is 22.3 Å². The molecule has 3 aromatic rings. The number of fused-ring (bicyclic) bond motifs is 1. The lowest BCUT2D eigenvalue weighted by molar-refractivity contribution is 0.0470. The number of sulfone groups is 1. The number of hydrogen-bond acceptors (Lipinski definition) is 5. The Balaban J connectivity index is 1.49. The zero-order valence-corrected chi connectivity index (χ0v) is 16.8. The van der Waals surface area contributed by atoms with Crippen LogP contribution in [-0.2, 0) is 21.2 Å². The van der Waals surface area contributed by atoms with Crippen molar-refractivity contribution in [3.05, 3.63) is 77.9 Å². The van der Waals surface area contributed by atoms with Crippen molar-refractivity contribution in [1.29, 1.82) is 0 Å². The van der Waals surface area contributed by atoms with Crippen molar-refractivity contribution in [2.45, 2.75) is 23.2 Å². The van der Waals surface area contributed by atoms with Crippen LogP contribution in [0.25, 0.3) is 10.8 Å². The van der Waals surface area contributed by atoms with Gasteiger partial charge in [0.05, 0.1) is 17.1 Å². The van der Waals surface area contributed by atoms with Gasteiger partial charge < -0.3 is 4.74 Å². The number of esters is 1. The van der Waals surface area contributed by atoms with Gasteiger partial charge in [-0.1, -0.05) is 54.6 Å². The highest BCUT2D eigenvalue weighted by Gasteiger charge is 2.29. The van der Waals surface area contributed by atoms with Crippen LogP contribution in [-0.4, -0.2) is 31.1 Å². The largest absolute Gasteiger partial charge is 0.457 e. The van der Waals surface area contributed by atoms with Crippen LogP contribution >= 0.6 is 11.8 Å². The summed E-state index contributed by atoms with van der Waals surface area (Å²) in [4.78, 5) is 13.5. The summed E-state index contributed by atoms with van der Waals surface area (Å²) in [6, 6.07) is 21.2. The van der Waals surface area contributed by atoms with E-state index in [0.717, 1.165) is 21.2 Å². The molecule has 144 valence electrons. The first kappa shape index (κ1) is 19.0. The molecule has 1 heterocycles. The molecular formula is C22H20O4S2. The quantitative estimate of drug-likeness (QED) is 0.579. The summed E-state index contributed by atoms with van der Waals surface area (Å²) in [5, 5.41) is 2.16. The maximum absolute atomic E-state index is 12.7. The first-order valence-electron chi connectivity index (χ1n) is 9.12. The zero-order valence-electron chi connectivity index (χ0n) is 15.2. The number of carbonyl (C=O) groups excluding carboxylic acids is 1. The van der Waals surface area contributed by atoms with Crippen LogP contribution in [0.4, 0.5) is 0 Å². The van der Waals surface area contributed by atoms with E-state index in [1.165, 1.54) is 11.8 Å². The fourth-order valence-corrected chi connectivity index (χ4v) is 7.03. The van der Waals surface area contributed by atoms with E-state index < -0.39 is 15.8 Å². The van der Waals surface area contributed by atoms with E-state index in [-0.39, 0.29) is 23.4 Å². The monoisotopic (exact) mass is 412 g/mol. The third-order valence-electron chi connectivity index (χ3n) is 4.83. The number of benzene rings is 3. The van der Waals surface area contributed by atoms with Crippen molar-refractivity contribution < 1.29 is 17.9 Å². The number of ether oxygens (including phenoxy) is 1. The summed E-state index contributed by atoms with van der Waals surface area (Å²) >= 11 is 1.45. The summed E-state index contributed by atoms with van der Waals surface area (Å²) in [7, 11) is -2.95. The van der Waals surface area contributed by atoms with Crippen molar-refractivity contribution in [3.8, 4) is 0 Å². The molecule has 6 heteroatoms. The second-order valence-electron chi connectivity index (χ2n) is 6.85. The predicted molar refractivity (Wildman–Crippen MR) is 112 cm³/mol. The molecule has 1 atom stereocenters. The van der Waals surface area contributed by atoms with Crippen LogP contribution in [0.15, 0.2) is 71.6 Å². The second kappa shape index (κ2) is 7.97. The molecule has 4 nitrogen and oxygen atoms in total. The molecule has 0 aliphatic carbocycles. The molecule has 0 bridgehead atoms. The molecule has 0 unspecified atom stereocenters. The number of hydrogen-bond donors (Lipinski definition) is 0. The molecule has 3 aromatic carbocycles. The minimum Gasteiger partial charge on any atom is -0.457 e. The van der Waals surface area contributed by atoms with Crippen molar-refractivity contribution >= 4 is 38.3 Å². The molecule has 0 spiro atoms. The Labute approximate surface area is 168 Å². The Bertz CT molecular complexity index is 1120. The first-order chi connectivity index (χ1) is 13.5. The first-order valence-corrected chi connectivity index (χ1v) is 11.8. The number of thioether (sulfide) groups is 1. The summed E-state index contributed by atoms with van der Waals surface area (Å²) in [6.45, 7) is 0.191. The normalized spacial score (nSPS) is 18.2. The van der Waals surface area contributed by atoms with E-state index in [1.807, 2.05) is 54.6 Å². The molecule has 28 heavy (non-hydrogen) atoms. The van der Waals surface area contributed by atoms with Crippen LogP contribution < -0.4 is 0 Å². The maximum atomic E-state index is 12.7. The molecule has 4 rings (SSSR count). The highest BCUT2D eigenvalue weighted by atomic mass is 32.2. The summed E-state index contributed by atoms with van der Waals surface area (Å²) < 4.78 is 29.0. The molecule has 1 saturated heterocycles. The topological polar surface area (TPSA) is 60.4 Å². The van der Waals surface area contributed by atoms with E-state index in [1.54, 1.807) is 12.1 Å². The van der Waals surface area contributed by atoms with Gasteiger partial charge in [0, 0.05) is 10.1 Å². The Morgan fingerprint density at radius 3 is 2.57 bits per heavy atom. The third-order valence-corrected chi connectivity index (χ3v) is 8.15. The van der Waals surface area contributed by atoms with Gasteiger partial charge in [-0.15, -0.1) is 11.8 Å². The molecule has 1 fully saturated rings. The Morgan fingerprint density at radius 2 is 1.75 bits per heavy atom. The maximum Gasteiger partial charge on any atom is 0.339 e. The summed E-state index contributed by atoms with van der Waals surface area (Å²) in [5.41, 5.74) is 1.44. The average molecular weight is 413 g/mol. The summed E-state index contributed by atoms with van der Waals surface area (Å²) in [5.74, 6) is -0.00743. The van der Waals surface area contributed by atoms with Crippen molar-refractivity contribution in [1.82, 2.24) is 0 Å². The van der Waals surface area contributed by atoms with Gasteiger partial charge in [0.2, 0.25) is 0 Å². The fourth-order valence-electron chi connectivity index (χ4n) is 3.41. The third kappa shape index (κ3) is 4.23. The zero-order chi connectivity index (χ0) is 19.6. The SMILES string of the molecule is O=C(OCc1cccc2ccccc12)c1ccccc1S[C@@H]1CCS(=O)(=O)C1. The standard InChI is InChI=1S/C22H20O4S2/c23-22(26-14-17-8-5-7-16-6-1-2-9-19(16)17)20-10-3-4-11-21(20)27-18-12-13-28(24,25)15-18/h1-11,18H,12-15H2/t18-/m1/s1. The smallest absolute Gasteiger partial charge is 0.339 e. The molecule has 0 saturated carbocycles. The van der Waals surface area contributed by atoms with E-state index in [2.05, 4.69) is 0 Å². The van der Waals surface area contributed by atoms with Crippen LogP contribution in [0.2, 0.25) is 0 Å². The Morgan fingerprint density at radius 1 is 1.00 bits per heavy atom. The molecule has 1 aliphatic rings. The van der Waals surface area contributed by atoms with E-state index in [9.17, 15) is 13.2 Å². The van der Waals surface area contributed by atoms with Gasteiger partial charge in [-0.05, 0) is 34.9 Å². The average Bonchev–Trinajstić information content (AvgIpc) is 3.04. The lowest BCUT2D eigenvalue weighted by atomic mass is 10.1. The lowest BCUT2D eigenvalue weighted by Crippen LogP contribution is -2.10. The molecule has 0 amide bonds. The van der Waals surface area contributed by atoms with Crippen LogP contribution in [0.3, 0.4) is 0 Å². The Kier molecular flexibility index (Phi) is 5.42. The predicted octanol–water partition coefficient (Wildman–Crippen LogP) is 4.48. The van der Waals surface area contributed by atoms with Gasteiger partial charge in [0.1, 0.15) is 6.61 Å². The van der Waals surface area contributed by atoms with Crippen LogP contribution in [0.5, 0.6) is 0 Å². The highest BCUT2D eigenvalue weighted by molar-refractivity contribution is 8.02.